The summed E-state index contributed by atoms with van der Waals surface area (Å²) in [5, 5.41) is 8.12. The zero-order chi connectivity index (χ0) is 17.3. The number of aromatic nitrogens is 4. The highest BCUT2D eigenvalue weighted by Gasteiger charge is 2.13. The van der Waals surface area contributed by atoms with Crippen LogP contribution in [0.4, 0.5) is 4.39 Å². The SMILES string of the molecule is Cc1nc(C)n([C@H](C)CNC(=O)Cn2ccc3ccc(F)cc32)n1. The Labute approximate surface area is 139 Å². The van der Waals surface area contributed by atoms with Gasteiger partial charge in [-0.1, -0.05) is 0 Å². The molecule has 0 aliphatic carbocycles. The van der Waals surface area contributed by atoms with Crippen LogP contribution in [0.25, 0.3) is 10.9 Å². The average Bonchev–Trinajstić information content (AvgIpc) is 3.08. The van der Waals surface area contributed by atoms with E-state index in [9.17, 15) is 9.18 Å². The van der Waals surface area contributed by atoms with Crippen LogP contribution < -0.4 is 5.32 Å². The first kappa shape index (κ1) is 16.2. The number of benzene rings is 1. The molecule has 1 aromatic carbocycles. The summed E-state index contributed by atoms with van der Waals surface area (Å²) in [5.41, 5.74) is 0.709. The van der Waals surface area contributed by atoms with Gasteiger partial charge in [-0.15, -0.1) is 0 Å². The van der Waals surface area contributed by atoms with Crippen LogP contribution in [-0.4, -0.2) is 31.8 Å². The van der Waals surface area contributed by atoms with Crippen LogP contribution in [0.2, 0.25) is 0 Å². The summed E-state index contributed by atoms with van der Waals surface area (Å²) in [4.78, 5) is 16.5. The molecule has 0 radical (unpaired) electrons. The maximum atomic E-state index is 13.4. The Balaban J connectivity index is 1.63. The van der Waals surface area contributed by atoms with Gasteiger partial charge in [-0.25, -0.2) is 14.1 Å². The van der Waals surface area contributed by atoms with E-state index in [0.29, 0.717) is 17.9 Å². The first-order valence-corrected chi connectivity index (χ1v) is 7.85. The molecule has 3 aromatic rings. The highest BCUT2D eigenvalue weighted by Crippen LogP contribution is 2.17. The number of aryl methyl sites for hydroxylation is 2. The van der Waals surface area contributed by atoms with Gasteiger partial charge < -0.3 is 9.88 Å². The van der Waals surface area contributed by atoms with Gasteiger partial charge in [0.15, 0.2) is 0 Å². The molecular formula is C17H20FN5O. The maximum absolute atomic E-state index is 13.4. The lowest BCUT2D eigenvalue weighted by atomic mass is 10.2. The Hall–Kier alpha value is -2.70. The zero-order valence-corrected chi connectivity index (χ0v) is 14.0. The number of rotatable bonds is 5. The molecule has 0 bridgehead atoms. The minimum atomic E-state index is -0.312. The molecule has 0 spiro atoms. The molecule has 0 fully saturated rings. The van der Waals surface area contributed by atoms with Gasteiger partial charge in [0.1, 0.15) is 24.0 Å². The lowest BCUT2D eigenvalue weighted by Gasteiger charge is -2.14. The number of carbonyl (C=O) groups is 1. The van der Waals surface area contributed by atoms with Gasteiger partial charge in [-0.3, -0.25) is 4.79 Å². The first-order valence-electron chi connectivity index (χ1n) is 7.85. The second-order valence-corrected chi connectivity index (χ2v) is 5.95. The third kappa shape index (κ3) is 3.29. The molecule has 126 valence electrons. The van der Waals surface area contributed by atoms with Gasteiger partial charge in [-0.2, -0.15) is 5.10 Å². The number of nitrogens with zero attached hydrogens (tertiary/aromatic N) is 4. The Morgan fingerprint density at radius 2 is 2.12 bits per heavy atom. The topological polar surface area (TPSA) is 64.7 Å². The summed E-state index contributed by atoms with van der Waals surface area (Å²) in [6.45, 7) is 6.30. The number of fused-ring (bicyclic) bond motifs is 1. The fourth-order valence-electron chi connectivity index (χ4n) is 2.81. The van der Waals surface area contributed by atoms with Crippen molar-refractivity contribution in [2.75, 3.05) is 6.54 Å². The summed E-state index contributed by atoms with van der Waals surface area (Å²) >= 11 is 0. The lowest BCUT2D eigenvalue weighted by molar-refractivity contribution is -0.121. The fourth-order valence-corrected chi connectivity index (χ4v) is 2.81. The predicted molar refractivity (Wildman–Crippen MR) is 89.1 cm³/mol. The van der Waals surface area contributed by atoms with E-state index in [1.807, 2.05) is 26.8 Å². The minimum Gasteiger partial charge on any atom is -0.352 e. The Morgan fingerprint density at radius 3 is 2.83 bits per heavy atom. The van der Waals surface area contributed by atoms with Gasteiger partial charge in [0.05, 0.1) is 11.6 Å². The first-order chi connectivity index (χ1) is 11.4. The average molecular weight is 329 g/mol. The number of nitrogens with one attached hydrogen (secondary N) is 1. The molecule has 1 amide bonds. The molecule has 24 heavy (non-hydrogen) atoms. The number of carbonyl (C=O) groups excluding carboxylic acids is 1. The standard InChI is InChI=1S/C17H20FN5O/c1-11(23-13(3)20-12(2)21-23)9-19-17(24)10-22-7-6-14-4-5-15(18)8-16(14)22/h4-8,11H,9-10H2,1-3H3,(H,19,24)/t11-/m1/s1. The van der Waals surface area contributed by atoms with Crippen LogP contribution in [-0.2, 0) is 11.3 Å². The molecule has 2 heterocycles. The number of halogens is 1. The molecule has 6 nitrogen and oxygen atoms in total. The van der Waals surface area contributed by atoms with Gasteiger partial charge in [-0.05, 0) is 50.4 Å². The quantitative estimate of drug-likeness (QED) is 0.781. The molecule has 0 aliphatic heterocycles. The lowest BCUT2D eigenvalue weighted by Crippen LogP contribution is -2.32. The van der Waals surface area contributed by atoms with Crippen LogP contribution in [0.15, 0.2) is 30.5 Å². The monoisotopic (exact) mass is 329 g/mol. The molecule has 0 unspecified atom stereocenters. The van der Waals surface area contributed by atoms with Crippen LogP contribution >= 0.6 is 0 Å². The fraction of sp³-hybridized carbons (Fsp3) is 0.353. The van der Waals surface area contributed by atoms with Gasteiger partial charge >= 0.3 is 0 Å². The molecule has 3 rings (SSSR count). The number of hydrogen-bond acceptors (Lipinski definition) is 3. The van der Waals surface area contributed by atoms with Crippen LogP contribution in [0, 0.1) is 19.7 Å². The Kier molecular flexibility index (Phi) is 4.33. The summed E-state index contributed by atoms with van der Waals surface area (Å²) in [7, 11) is 0. The second kappa shape index (κ2) is 6.43. The third-order valence-corrected chi connectivity index (χ3v) is 3.97. The van der Waals surface area contributed by atoms with E-state index in [1.54, 1.807) is 21.5 Å². The summed E-state index contributed by atoms with van der Waals surface area (Å²) in [6.07, 6.45) is 1.79. The molecule has 7 heteroatoms. The van der Waals surface area contributed by atoms with Crippen LogP contribution in [0.5, 0.6) is 0 Å². The normalized spacial score (nSPS) is 12.5. The van der Waals surface area contributed by atoms with Crippen molar-refractivity contribution in [3.8, 4) is 0 Å². The molecule has 2 aromatic heterocycles. The van der Waals surface area contributed by atoms with Crippen molar-refractivity contribution in [1.82, 2.24) is 24.6 Å². The smallest absolute Gasteiger partial charge is 0.240 e. The van der Waals surface area contributed by atoms with E-state index in [2.05, 4.69) is 15.4 Å². The highest BCUT2D eigenvalue weighted by molar-refractivity contribution is 5.83. The number of hydrogen-bond donors (Lipinski definition) is 1. The van der Waals surface area contributed by atoms with Crippen molar-refractivity contribution in [3.63, 3.8) is 0 Å². The van der Waals surface area contributed by atoms with Crippen molar-refractivity contribution >= 4 is 16.8 Å². The van der Waals surface area contributed by atoms with Crippen molar-refractivity contribution in [1.29, 1.82) is 0 Å². The van der Waals surface area contributed by atoms with Crippen molar-refractivity contribution in [2.24, 2.45) is 0 Å². The predicted octanol–water partition coefficient (Wildman–Crippen LogP) is 2.37. The largest absolute Gasteiger partial charge is 0.352 e. The molecule has 1 N–H and O–H groups in total. The Morgan fingerprint density at radius 1 is 1.33 bits per heavy atom. The molecular weight excluding hydrogens is 309 g/mol. The summed E-state index contributed by atoms with van der Waals surface area (Å²) in [6, 6.07) is 6.43. The molecule has 0 aliphatic rings. The van der Waals surface area contributed by atoms with Crippen molar-refractivity contribution < 1.29 is 9.18 Å². The molecule has 0 saturated carbocycles. The van der Waals surface area contributed by atoms with E-state index in [-0.39, 0.29) is 24.3 Å². The van der Waals surface area contributed by atoms with Crippen LogP contribution in [0.1, 0.15) is 24.6 Å². The van der Waals surface area contributed by atoms with Gasteiger partial charge in [0, 0.05) is 12.7 Å². The van der Waals surface area contributed by atoms with E-state index in [0.717, 1.165) is 11.2 Å². The van der Waals surface area contributed by atoms with Gasteiger partial charge in [0.25, 0.3) is 0 Å². The van der Waals surface area contributed by atoms with Crippen molar-refractivity contribution in [3.05, 3.63) is 47.9 Å². The maximum Gasteiger partial charge on any atom is 0.240 e. The number of amides is 1. The van der Waals surface area contributed by atoms with Crippen LogP contribution in [0.3, 0.4) is 0 Å². The third-order valence-electron chi connectivity index (χ3n) is 3.97. The van der Waals surface area contributed by atoms with E-state index in [4.69, 9.17) is 0 Å². The molecule has 0 saturated heterocycles. The Bertz CT molecular complexity index is 882. The van der Waals surface area contributed by atoms with E-state index < -0.39 is 0 Å². The highest BCUT2D eigenvalue weighted by atomic mass is 19.1. The minimum absolute atomic E-state index is 0.00833. The second-order valence-electron chi connectivity index (χ2n) is 5.95. The van der Waals surface area contributed by atoms with E-state index in [1.165, 1.54) is 12.1 Å². The van der Waals surface area contributed by atoms with Gasteiger partial charge in [0.2, 0.25) is 5.91 Å². The molecule has 1 atom stereocenters. The summed E-state index contributed by atoms with van der Waals surface area (Å²) < 4.78 is 16.9. The van der Waals surface area contributed by atoms with E-state index >= 15 is 0 Å². The van der Waals surface area contributed by atoms with Crippen molar-refractivity contribution in [2.45, 2.75) is 33.4 Å². The zero-order valence-electron chi connectivity index (χ0n) is 14.0. The summed E-state index contributed by atoms with van der Waals surface area (Å²) in [5.74, 6) is 1.10.